The van der Waals surface area contributed by atoms with Crippen LogP contribution in [0.2, 0.25) is 0 Å². The standard InChI is InChI=1S/C27H30N4O3S/c32-22-12-6-4-10-18(22)20-16-21(31-30-20)25(33)29-27-24(19-11-5-7-13-23(19)35-27)26(34)28-15-14-17-8-2-1-3-9-17/h1-4,6,8-10,12,20-21,30-32H,5,7,11,13-16H2,(H,28,34)(H,29,33). The number of benzene rings is 2. The summed E-state index contributed by atoms with van der Waals surface area (Å²) >= 11 is 1.53. The first-order valence-corrected chi connectivity index (χ1v) is 13.0. The third kappa shape index (κ3) is 5.24. The van der Waals surface area contributed by atoms with Crippen molar-refractivity contribution in [2.24, 2.45) is 0 Å². The Morgan fingerprint density at radius 2 is 1.77 bits per heavy atom. The number of aromatic hydroxyl groups is 1. The van der Waals surface area contributed by atoms with Crippen LogP contribution in [0.25, 0.3) is 0 Å². The van der Waals surface area contributed by atoms with Crippen LogP contribution in [0, 0.1) is 0 Å². The van der Waals surface area contributed by atoms with E-state index in [0.29, 0.717) is 23.5 Å². The van der Waals surface area contributed by atoms with E-state index >= 15 is 0 Å². The molecule has 1 saturated heterocycles. The van der Waals surface area contributed by atoms with E-state index < -0.39 is 6.04 Å². The van der Waals surface area contributed by atoms with Crippen LogP contribution < -0.4 is 21.5 Å². The monoisotopic (exact) mass is 490 g/mol. The maximum absolute atomic E-state index is 13.3. The highest BCUT2D eigenvalue weighted by Crippen LogP contribution is 2.38. The second kappa shape index (κ2) is 10.6. The van der Waals surface area contributed by atoms with E-state index in [1.165, 1.54) is 21.8 Å². The SMILES string of the molecule is O=C(NCCc1ccccc1)c1c(NC(=O)C2CC(c3ccccc3O)NN2)sc2c1CCCC2. The second-order valence-electron chi connectivity index (χ2n) is 9.08. The van der Waals surface area contributed by atoms with Crippen LogP contribution >= 0.6 is 11.3 Å². The number of fused-ring (bicyclic) bond motifs is 1. The van der Waals surface area contributed by atoms with Gasteiger partial charge in [0.2, 0.25) is 5.91 Å². The van der Waals surface area contributed by atoms with Crippen LogP contribution in [-0.2, 0) is 24.1 Å². The summed E-state index contributed by atoms with van der Waals surface area (Å²) in [5.74, 6) is -0.110. The fourth-order valence-electron chi connectivity index (χ4n) is 4.86. The Bertz CT molecular complexity index is 1210. The van der Waals surface area contributed by atoms with Gasteiger partial charge in [0.15, 0.2) is 0 Å². The number of hydrazine groups is 1. The van der Waals surface area contributed by atoms with E-state index in [9.17, 15) is 14.7 Å². The van der Waals surface area contributed by atoms with Crippen molar-refractivity contribution >= 4 is 28.2 Å². The first kappa shape index (κ1) is 23.5. The number of carbonyl (C=O) groups excluding carboxylic acids is 2. The molecular formula is C27H30N4O3S. The Morgan fingerprint density at radius 1 is 1.00 bits per heavy atom. The predicted molar refractivity (Wildman–Crippen MR) is 138 cm³/mol. The molecule has 0 radical (unpaired) electrons. The molecule has 5 rings (SSSR count). The molecule has 1 aliphatic heterocycles. The lowest BCUT2D eigenvalue weighted by molar-refractivity contribution is -0.117. The van der Waals surface area contributed by atoms with Gasteiger partial charge >= 0.3 is 0 Å². The molecule has 0 bridgehead atoms. The number of hydrogen-bond donors (Lipinski definition) is 5. The number of carbonyl (C=O) groups is 2. The molecule has 0 spiro atoms. The van der Waals surface area contributed by atoms with Crippen LogP contribution in [0.5, 0.6) is 5.75 Å². The molecule has 8 heteroatoms. The highest BCUT2D eigenvalue weighted by atomic mass is 32.1. The third-order valence-electron chi connectivity index (χ3n) is 6.71. The normalized spacial score (nSPS) is 19.2. The van der Waals surface area contributed by atoms with Gasteiger partial charge in [-0.25, -0.2) is 10.9 Å². The van der Waals surface area contributed by atoms with E-state index in [0.717, 1.165) is 43.2 Å². The van der Waals surface area contributed by atoms with Gasteiger partial charge in [0.05, 0.1) is 11.6 Å². The van der Waals surface area contributed by atoms with Gasteiger partial charge in [0, 0.05) is 17.0 Å². The minimum atomic E-state index is -0.479. The van der Waals surface area contributed by atoms with Crippen molar-refractivity contribution in [1.82, 2.24) is 16.2 Å². The molecule has 0 saturated carbocycles. The number of phenolic OH excluding ortho intramolecular Hbond substituents is 1. The lowest BCUT2D eigenvalue weighted by Crippen LogP contribution is -2.39. The molecule has 182 valence electrons. The van der Waals surface area contributed by atoms with E-state index in [-0.39, 0.29) is 23.6 Å². The molecule has 3 aromatic rings. The zero-order chi connectivity index (χ0) is 24.2. The largest absolute Gasteiger partial charge is 0.508 e. The average Bonchev–Trinajstić information content (AvgIpc) is 3.50. The number of nitrogens with one attached hydrogen (secondary N) is 4. The van der Waals surface area contributed by atoms with Gasteiger partial charge in [0.1, 0.15) is 16.8 Å². The summed E-state index contributed by atoms with van der Waals surface area (Å²) in [6, 6.07) is 16.5. The minimum absolute atomic E-state index is 0.125. The molecule has 2 heterocycles. The molecule has 2 aromatic carbocycles. The third-order valence-corrected chi connectivity index (χ3v) is 7.92. The zero-order valence-corrected chi connectivity index (χ0v) is 20.3. The number of thiophene rings is 1. The summed E-state index contributed by atoms with van der Waals surface area (Å²) in [6.07, 6.45) is 5.21. The molecular weight excluding hydrogens is 460 g/mol. The van der Waals surface area contributed by atoms with Crippen LogP contribution in [0.1, 0.15) is 57.2 Å². The number of phenols is 1. The number of para-hydroxylation sites is 1. The lowest BCUT2D eigenvalue weighted by atomic mass is 9.95. The molecule has 1 fully saturated rings. The molecule has 7 nitrogen and oxygen atoms in total. The van der Waals surface area contributed by atoms with Crippen molar-refractivity contribution in [3.8, 4) is 5.75 Å². The number of anilines is 1. The Hall–Kier alpha value is -3.20. The molecule has 2 atom stereocenters. The van der Waals surface area contributed by atoms with Gasteiger partial charge in [-0.15, -0.1) is 11.3 Å². The summed E-state index contributed by atoms with van der Waals surface area (Å²) in [7, 11) is 0. The zero-order valence-electron chi connectivity index (χ0n) is 19.5. The Labute approximate surface area is 208 Å². The van der Waals surface area contributed by atoms with Gasteiger partial charge in [0.25, 0.3) is 5.91 Å². The number of rotatable bonds is 7. The van der Waals surface area contributed by atoms with Crippen LogP contribution in [0.4, 0.5) is 5.00 Å². The predicted octanol–water partition coefficient (Wildman–Crippen LogP) is 3.85. The van der Waals surface area contributed by atoms with Gasteiger partial charge in [-0.2, -0.15) is 0 Å². The summed E-state index contributed by atoms with van der Waals surface area (Å²) < 4.78 is 0. The van der Waals surface area contributed by atoms with Crippen molar-refractivity contribution in [2.75, 3.05) is 11.9 Å². The average molecular weight is 491 g/mol. The molecule has 5 N–H and O–H groups in total. The Morgan fingerprint density at radius 3 is 2.60 bits per heavy atom. The molecule has 35 heavy (non-hydrogen) atoms. The lowest BCUT2D eigenvalue weighted by Gasteiger charge is -2.14. The minimum Gasteiger partial charge on any atom is -0.508 e. The van der Waals surface area contributed by atoms with Crippen molar-refractivity contribution in [3.63, 3.8) is 0 Å². The molecule has 1 aromatic heterocycles. The molecule has 2 amide bonds. The second-order valence-corrected chi connectivity index (χ2v) is 10.2. The molecule has 2 unspecified atom stereocenters. The van der Waals surface area contributed by atoms with Gasteiger partial charge < -0.3 is 15.7 Å². The van der Waals surface area contributed by atoms with Crippen LogP contribution in [0.3, 0.4) is 0 Å². The summed E-state index contributed by atoms with van der Waals surface area (Å²) in [4.78, 5) is 27.6. The van der Waals surface area contributed by atoms with E-state index in [4.69, 9.17) is 0 Å². The van der Waals surface area contributed by atoms with Gasteiger partial charge in [-0.1, -0.05) is 48.5 Å². The van der Waals surface area contributed by atoms with Crippen molar-refractivity contribution in [2.45, 2.75) is 50.6 Å². The molecule has 2 aliphatic rings. The highest BCUT2D eigenvalue weighted by Gasteiger charge is 2.33. The summed E-state index contributed by atoms with van der Waals surface area (Å²) in [5, 5.41) is 16.9. The first-order chi connectivity index (χ1) is 17.1. The smallest absolute Gasteiger partial charge is 0.254 e. The summed E-state index contributed by atoms with van der Waals surface area (Å²) in [6.45, 7) is 0.539. The van der Waals surface area contributed by atoms with Gasteiger partial charge in [-0.05, 0) is 55.7 Å². The fourth-order valence-corrected chi connectivity index (χ4v) is 6.15. The van der Waals surface area contributed by atoms with E-state index in [1.54, 1.807) is 12.1 Å². The van der Waals surface area contributed by atoms with Gasteiger partial charge in [-0.3, -0.25) is 9.59 Å². The van der Waals surface area contributed by atoms with E-state index in [2.05, 4.69) is 33.6 Å². The Balaban J connectivity index is 1.28. The van der Waals surface area contributed by atoms with Crippen molar-refractivity contribution in [1.29, 1.82) is 0 Å². The van der Waals surface area contributed by atoms with Crippen LogP contribution in [0.15, 0.2) is 54.6 Å². The van der Waals surface area contributed by atoms with Crippen LogP contribution in [-0.4, -0.2) is 29.5 Å². The van der Waals surface area contributed by atoms with E-state index in [1.807, 2.05) is 30.3 Å². The number of aryl methyl sites for hydroxylation is 1. The summed E-state index contributed by atoms with van der Waals surface area (Å²) in [5.41, 5.74) is 9.79. The first-order valence-electron chi connectivity index (χ1n) is 12.2. The van der Waals surface area contributed by atoms with Crippen molar-refractivity contribution < 1.29 is 14.7 Å². The maximum atomic E-state index is 13.3. The fraction of sp³-hybridized carbons (Fsp3) is 0.333. The quantitative estimate of drug-likeness (QED) is 0.346. The Kier molecular flexibility index (Phi) is 7.13. The maximum Gasteiger partial charge on any atom is 0.254 e. The number of amides is 2. The van der Waals surface area contributed by atoms with Crippen molar-refractivity contribution in [3.05, 3.63) is 81.7 Å². The molecule has 1 aliphatic carbocycles. The number of hydrogen-bond acceptors (Lipinski definition) is 6. The highest BCUT2D eigenvalue weighted by molar-refractivity contribution is 7.17. The topological polar surface area (TPSA) is 102 Å².